The van der Waals surface area contributed by atoms with Crippen LogP contribution in [0.5, 0.6) is 0 Å². The van der Waals surface area contributed by atoms with E-state index in [0.29, 0.717) is 17.0 Å². The second-order valence-electron chi connectivity index (χ2n) is 4.55. The molecule has 0 fully saturated rings. The molecule has 0 saturated carbocycles. The molecule has 1 heterocycles. The first-order chi connectivity index (χ1) is 9.77. The van der Waals surface area contributed by atoms with Gasteiger partial charge in [0.05, 0.1) is 17.0 Å². The van der Waals surface area contributed by atoms with Crippen molar-refractivity contribution in [1.82, 2.24) is 4.90 Å². The molecule has 0 saturated heterocycles. The Kier molecular flexibility index (Phi) is 3.56. The monoisotopic (exact) mass is 283 g/mol. The lowest BCUT2D eigenvalue weighted by molar-refractivity contribution is 0.0684. The number of imide groups is 1. The van der Waals surface area contributed by atoms with E-state index in [1.165, 1.54) is 10.5 Å². The van der Waals surface area contributed by atoms with Crippen LogP contribution in [0.15, 0.2) is 54.6 Å². The topological polar surface area (TPSA) is 37.4 Å². The largest absolute Gasteiger partial charge is 0.269 e. The molecule has 20 heavy (non-hydrogen) atoms. The van der Waals surface area contributed by atoms with E-state index in [-0.39, 0.29) is 11.8 Å². The lowest BCUT2D eigenvalue weighted by Crippen LogP contribution is -2.29. The molecule has 3 nitrogen and oxygen atoms in total. The van der Waals surface area contributed by atoms with Crippen molar-refractivity contribution in [1.29, 1.82) is 0 Å². The van der Waals surface area contributed by atoms with Crippen LogP contribution in [0.3, 0.4) is 0 Å². The Morgan fingerprint density at radius 2 is 1.35 bits per heavy atom. The summed E-state index contributed by atoms with van der Waals surface area (Å²) in [5.41, 5.74) is 2.21. The van der Waals surface area contributed by atoms with E-state index in [4.69, 9.17) is 0 Å². The predicted octanol–water partition coefficient (Wildman–Crippen LogP) is 3.17. The van der Waals surface area contributed by atoms with Gasteiger partial charge in [0.1, 0.15) is 0 Å². The highest BCUT2D eigenvalue weighted by molar-refractivity contribution is 7.98. The molecule has 2 aromatic rings. The summed E-state index contributed by atoms with van der Waals surface area (Å²) in [6.07, 6.45) is 0. The molecule has 0 spiro atoms. The highest BCUT2D eigenvalue weighted by atomic mass is 32.2. The number of amides is 2. The lowest BCUT2D eigenvalue weighted by atomic mass is 10.1. The first kappa shape index (κ1) is 12.9. The summed E-state index contributed by atoms with van der Waals surface area (Å²) in [5.74, 6) is 0.799. The van der Waals surface area contributed by atoms with E-state index in [1.54, 1.807) is 36.0 Å². The number of nitrogens with zero attached hydrogens (tertiary/aromatic N) is 1. The second-order valence-corrected chi connectivity index (χ2v) is 5.50. The Hall–Kier alpha value is -2.07. The molecule has 1 aliphatic heterocycles. The van der Waals surface area contributed by atoms with Crippen molar-refractivity contribution in [3.05, 3.63) is 71.3 Å². The minimum atomic E-state index is -0.189. The fourth-order valence-corrected chi connectivity index (χ4v) is 3.12. The number of carbonyl (C=O) groups is 2. The Morgan fingerprint density at radius 1 is 0.800 bits per heavy atom. The third kappa shape index (κ3) is 2.34. The third-order valence-electron chi connectivity index (χ3n) is 3.21. The highest BCUT2D eigenvalue weighted by Crippen LogP contribution is 2.25. The first-order valence-corrected chi connectivity index (χ1v) is 7.50. The predicted molar refractivity (Wildman–Crippen MR) is 79.5 cm³/mol. The molecule has 2 amide bonds. The number of carbonyl (C=O) groups excluding carboxylic acids is 2. The Labute approximate surface area is 121 Å². The van der Waals surface area contributed by atoms with Crippen molar-refractivity contribution in [3.8, 4) is 0 Å². The van der Waals surface area contributed by atoms with Crippen molar-refractivity contribution in [2.75, 3.05) is 5.88 Å². The standard InChI is InChI=1S/C16H13NO2S/c18-15-13-8-4-5-9-14(13)16(19)17(15)11-20-10-12-6-2-1-3-7-12/h1-9H,10-11H2. The van der Waals surface area contributed by atoms with Crippen LogP contribution < -0.4 is 0 Å². The summed E-state index contributed by atoms with van der Waals surface area (Å²) < 4.78 is 0. The van der Waals surface area contributed by atoms with Crippen molar-refractivity contribution in [3.63, 3.8) is 0 Å². The first-order valence-electron chi connectivity index (χ1n) is 6.34. The van der Waals surface area contributed by atoms with E-state index in [9.17, 15) is 9.59 Å². The number of fused-ring (bicyclic) bond motifs is 1. The van der Waals surface area contributed by atoms with Crippen LogP contribution in [-0.2, 0) is 5.75 Å². The average molecular weight is 283 g/mol. The van der Waals surface area contributed by atoms with Gasteiger partial charge in [-0.3, -0.25) is 14.5 Å². The average Bonchev–Trinajstić information content (AvgIpc) is 2.74. The van der Waals surface area contributed by atoms with E-state index in [0.717, 1.165) is 5.75 Å². The number of hydrogen-bond acceptors (Lipinski definition) is 3. The fraction of sp³-hybridized carbons (Fsp3) is 0.125. The normalized spacial score (nSPS) is 13.7. The second kappa shape index (κ2) is 5.51. The van der Waals surface area contributed by atoms with Gasteiger partial charge in [0.25, 0.3) is 11.8 Å². The molecular formula is C16H13NO2S. The number of benzene rings is 2. The molecule has 100 valence electrons. The lowest BCUT2D eigenvalue weighted by Gasteiger charge is -2.13. The zero-order valence-corrected chi connectivity index (χ0v) is 11.6. The minimum absolute atomic E-state index is 0.189. The zero-order chi connectivity index (χ0) is 13.9. The van der Waals surface area contributed by atoms with Crippen molar-refractivity contribution < 1.29 is 9.59 Å². The zero-order valence-electron chi connectivity index (χ0n) is 10.8. The molecule has 1 aliphatic rings. The maximum Gasteiger partial charge on any atom is 0.262 e. The van der Waals surface area contributed by atoms with E-state index < -0.39 is 0 Å². The maximum atomic E-state index is 12.1. The molecule has 0 unspecified atom stereocenters. The summed E-state index contributed by atoms with van der Waals surface area (Å²) in [5, 5.41) is 0. The van der Waals surface area contributed by atoms with Crippen LogP contribution in [0.1, 0.15) is 26.3 Å². The summed E-state index contributed by atoms with van der Waals surface area (Å²) in [7, 11) is 0. The van der Waals surface area contributed by atoms with Crippen LogP contribution >= 0.6 is 11.8 Å². The van der Waals surface area contributed by atoms with Gasteiger partial charge in [-0.05, 0) is 17.7 Å². The van der Waals surface area contributed by atoms with Gasteiger partial charge in [-0.1, -0.05) is 42.5 Å². The molecular weight excluding hydrogens is 270 g/mol. The summed E-state index contributed by atoms with van der Waals surface area (Å²) >= 11 is 1.57. The van der Waals surface area contributed by atoms with Gasteiger partial charge >= 0.3 is 0 Å². The van der Waals surface area contributed by atoms with E-state index >= 15 is 0 Å². The van der Waals surface area contributed by atoms with Crippen molar-refractivity contribution in [2.24, 2.45) is 0 Å². The van der Waals surface area contributed by atoms with Crippen molar-refractivity contribution >= 4 is 23.6 Å². The number of hydrogen-bond donors (Lipinski definition) is 0. The third-order valence-corrected chi connectivity index (χ3v) is 4.19. The molecule has 3 rings (SSSR count). The summed E-state index contributed by atoms with van der Waals surface area (Å²) in [4.78, 5) is 25.6. The van der Waals surface area contributed by atoms with Crippen LogP contribution in [0, 0.1) is 0 Å². The van der Waals surface area contributed by atoms with Gasteiger partial charge in [0.2, 0.25) is 0 Å². The van der Waals surface area contributed by atoms with E-state index in [1.807, 2.05) is 30.3 Å². The molecule has 0 aliphatic carbocycles. The summed E-state index contributed by atoms with van der Waals surface area (Å²) in [6, 6.07) is 17.0. The van der Waals surface area contributed by atoms with Crippen LogP contribution in [0.25, 0.3) is 0 Å². The SMILES string of the molecule is O=C1c2ccccc2C(=O)N1CSCc1ccccc1. The molecule has 2 aromatic carbocycles. The Morgan fingerprint density at radius 3 is 1.95 bits per heavy atom. The molecule has 0 radical (unpaired) electrons. The summed E-state index contributed by atoms with van der Waals surface area (Å²) in [6.45, 7) is 0. The Bertz CT molecular complexity index is 620. The van der Waals surface area contributed by atoms with Gasteiger partial charge in [-0.2, -0.15) is 0 Å². The molecule has 0 bridgehead atoms. The van der Waals surface area contributed by atoms with Crippen LogP contribution in [0.4, 0.5) is 0 Å². The van der Waals surface area contributed by atoms with Crippen LogP contribution in [-0.4, -0.2) is 22.6 Å². The number of thioether (sulfide) groups is 1. The molecule has 4 heteroatoms. The Balaban J connectivity index is 1.65. The molecule has 0 aromatic heterocycles. The van der Waals surface area contributed by atoms with Gasteiger partial charge in [0.15, 0.2) is 0 Å². The van der Waals surface area contributed by atoms with Gasteiger partial charge in [0, 0.05) is 5.75 Å². The van der Waals surface area contributed by atoms with Gasteiger partial charge in [-0.15, -0.1) is 11.8 Å². The molecule has 0 atom stereocenters. The van der Waals surface area contributed by atoms with E-state index in [2.05, 4.69) is 0 Å². The van der Waals surface area contributed by atoms with Gasteiger partial charge in [-0.25, -0.2) is 0 Å². The molecule has 0 N–H and O–H groups in total. The van der Waals surface area contributed by atoms with Crippen molar-refractivity contribution in [2.45, 2.75) is 5.75 Å². The van der Waals surface area contributed by atoms with Gasteiger partial charge < -0.3 is 0 Å². The fourth-order valence-electron chi connectivity index (χ4n) is 2.19. The highest BCUT2D eigenvalue weighted by Gasteiger charge is 2.34. The van der Waals surface area contributed by atoms with Crippen LogP contribution in [0.2, 0.25) is 0 Å². The minimum Gasteiger partial charge on any atom is -0.269 e. The smallest absolute Gasteiger partial charge is 0.262 e. The maximum absolute atomic E-state index is 12.1. The quantitative estimate of drug-likeness (QED) is 0.809. The number of rotatable bonds is 4.